The molecule has 2 aromatic rings. The van der Waals surface area contributed by atoms with Gasteiger partial charge < -0.3 is 14.7 Å². The molecule has 0 amide bonds. The van der Waals surface area contributed by atoms with E-state index in [4.69, 9.17) is 16.3 Å². The van der Waals surface area contributed by atoms with Crippen molar-refractivity contribution in [3.8, 4) is 0 Å². The molecule has 0 bridgehead atoms. The number of hydrogen-bond donors (Lipinski definition) is 1. The number of rotatable bonds is 7. The van der Waals surface area contributed by atoms with Gasteiger partial charge in [-0.05, 0) is 58.8 Å². The van der Waals surface area contributed by atoms with E-state index in [0.717, 1.165) is 11.6 Å². The standard InChI is InChI=1S/C19H18ClFIN3O3/c1-2-24-17(11-28-10-12-6-4-3-5-7-12)23-25(19(24)27)16-9-15(22)13(18(20)26)8-14(16)21/h3-9,19,27H,2,10-11H2,1H3. The van der Waals surface area contributed by atoms with Crippen LogP contribution in [0.25, 0.3) is 0 Å². The van der Waals surface area contributed by atoms with E-state index in [0.29, 0.717) is 22.6 Å². The van der Waals surface area contributed by atoms with E-state index in [1.54, 1.807) is 4.90 Å². The van der Waals surface area contributed by atoms with Gasteiger partial charge in [-0.1, -0.05) is 30.3 Å². The van der Waals surface area contributed by atoms with Gasteiger partial charge in [0.2, 0.25) is 6.35 Å². The van der Waals surface area contributed by atoms with Gasteiger partial charge in [0.05, 0.1) is 12.2 Å². The number of aliphatic hydroxyl groups is 1. The number of ether oxygens (including phenoxy) is 1. The van der Waals surface area contributed by atoms with Crippen molar-refractivity contribution in [3.63, 3.8) is 0 Å². The minimum atomic E-state index is -1.18. The number of carbonyl (C=O) groups excluding carboxylic acids is 1. The summed E-state index contributed by atoms with van der Waals surface area (Å²) in [6.07, 6.45) is -1.18. The summed E-state index contributed by atoms with van der Waals surface area (Å²) in [4.78, 5) is 13.0. The number of hydrogen-bond acceptors (Lipinski definition) is 6. The Balaban J connectivity index is 1.80. The van der Waals surface area contributed by atoms with E-state index in [-0.39, 0.29) is 17.9 Å². The lowest BCUT2D eigenvalue weighted by Gasteiger charge is -2.26. The van der Waals surface area contributed by atoms with Crippen LogP contribution in [0.15, 0.2) is 47.6 Å². The topological polar surface area (TPSA) is 65.4 Å². The second-order valence-corrected chi connectivity index (χ2v) is 7.53. The number of benzene rings is 2. The van der Waals surface area contributed by atoms with E-state index >= 15 is 0 Å². The molecule has 3 rings (SSSR count). The summed E-state index contributed by atoms with van der Waals surface area (Å²) in [6.45, 7) is 2.87. The van der Waals surface area contributed by atoms with E-state index < -0.39 is 17.4 Å². The molecule has 1 N–H and O–H groups in total. The minimum Gasteiger partial charge on any atom is -0.369 e. The Hall–Kier alpha value is -1.75. The van der Waals surface area contributed by atoms with Crippen molar-refractivity contribution in [2.24, 2.45) is 5.10 Å². The van der Waals surface area contributed by atoms with Crippen molar-refractivity contribution < 1.29 is 19.0 Å². The van der Waals surface area contributed by atoms with Crippen LogP contribution in [0.3, 0.4) is 0 Å². The summed E-state index contributed by atoms with van der Waals surface area (Å²) in [5.74, 6) is -0.215. The summed E-state index contributed by atoms with van der Waals surface area (Å²) in [5, 5.41) is 15.4. The molecular formula is C19H18ClFIN3O3. The number of anilines is 1. The Morgan fingerprint density at radius 1 is 1.32 bits per heavy atom. The van der Waals surface area contributed by atoms with Crippen LogP contribution in [0.1, 0.15) is 22.8 Å². The molecule has 6 nitrogen and oxygen atoms in total. The zero-order chi connectivity index (χ0) is 20.3. The van der Waals surface area contributed by atoms with Crippen LogP contribution < -0.4 is 5.01 Å². The summed E-state index contributed by atoms with van der Waals surface area (Å²) in [7, 11) is 0. The number of hydrazone groups is 1. The fourth-order valence-corrected chi connectivity index (χ4v) is 3.84. The van der Waals surface area contributed by atoms with Crippen LogP contribution in [0.2, 0.25) is 0 Å². The number of carbonyl (C=O) groups is 1. The molecule has 0 saturated carbocycles. The predicted octanol–water partition coefficient (Wildman–Crippen LogP) is 3.76. The molecule has 0 spiro atoms. The summed E-state index contributed by atoms with van der Waals surface area (Å²) >= 11 is 7.37. The van der Waals surface area contributed by atoms with E-state index in [2.05, 4.69) is 5.10 Å². The molecule has 28 heavy (non-hydrogen) atoms. The van der Waals surface area contributed by atoms with E-state index in [1.807, 2.05) is 59.8 Å². The fourth-order valence-electron chi connectivity index (χ4n) is 2.83. The highest BCUT2D eigenvalue weighted by Gasteiger charge is 2.34. The Morgan fingerprint density at radius 2 is 2.04 bits per heavy atom. The molecule has 1 aliphatic heterocycles. The quantitative estimate of drug-likeness (QED) is 0.448. The highest BCUT2D eigenvalue weighted by Crippen LogP contribution is 2.30. The Labute approximate surface area is 180 Å². The van der Waals surface area contributed by atoms with Crippen molar-refractivity contribution in [1.82, 2.24) is 4.90 Å². The molecule has 0 fully saturated rings. The van der Waals surface area contributed by atoms with Gasteiger partial charge in [-0.25, -0.2) is 9.40 Å². The predicted molar refractivity (Wildman–Crippen MR) is 114 cm³/mol. The van der Waals surface area contributed by atoms with E-state index in [1.165, 1.54) is 11.1 Å². The average molecular weight is 518 g/mol. The first kappa shape index (κ1) is 21.0. The maximum atomic E-state index is 14.6. The first-order valence-electron chi connectivity index (χ1n) is 8.54. The lowest BCUT2D eigenvalue weighted by atomic mass is 10.2. The first-order valence-corrected chi connectivity index (χ1v) is 10.00. The zero-order valence-electron chi connectivity index (χ0n) is 15.0. The van der Waals surface area contributed by atoms with Gasteiger partial charge in [-0.15, -0.1) is 0 Å². The lowest BCUT2D eigenvalue weighted by molar-refractivity contribution is 0.0607. The van der Waals surface area contributed by atoms with Crippen LogP contribution in [-0.4, -0.2) is 40.6 Å². The van der Waals surface area contributed by atoms with Crippen molar-refractivity contribution in [2.75, 3.05) is 18.2 Å². The Morgan fingerprint density at radius 3 is 2.68 bits per heavy atom. The first-order chi connectivity index (χ1) is 13.4. The second kappa shape index (κ2) is 9.17. The third kappa shape index (κ3) is 4.45. The Bertz CT molecular complexity index is 897. The molecule has 9 heteroatoms. The maximum absolute atomic E-state index is 14.6. The van der Waals surface area contributed by atoms with Crippen molar-refractivity contribution >= 4 is 51.0 Å². The van der Waals surface area contributed by atoms with Gasteiger partial charge in [-0.2, -0.15) is 5.10 Å². The molecule has 1 heterocycles. The fraction of sp³-hybridized carbons (Fsp3) is 0.263. The Kier molecular flexibility index (Phi) is 6.86. The van der Waals surface area contributed by atoms with Gasteiger partial charge in [0, 0.05) is 10.1 Å². The molecule has 0 aromatic heterocycles. The van der Waals surface area contributed by atoms with Crippen LogP contribution in [0.4, 0.5) is 10.1 Å². The lowest BCUT2D eigenvalue weighted by Crippen LogP contribution is -2.43. The number of likely N-dealkylation sites (N-methyl/N-ethyl adjacent to an activating group) is 1. The summed E-state index contributed by atoms with van der Waals surface area (Å²) < 4.78 is 20.7. The molecule has 1 aliphatic rings. The van der Waals surface area contributed by atoms with Gasteiger partial charge in [0.25, 0.3) is 5.24 Å². The largest absolute Gasteiger partial charge is 0.369 e. The molecule has 0 radical (unpaired) electrons. The minimum absolute atomic E-state index is 0.0510. The van der Waals surface area contributed by atoms with Crippen LogP contribution in [0, 0.1) is 9.39 Å². The molecule has 0 aliphatic carbocycles. The molecule has 148 valence electrons. The average Bonchev–Trinajstić information content (AvgIpc) is 2.99. The number of amidine groups is 1. The molecule has 0 saturated heterocycles. The van der Waals surface area contributed by atoms with Crippen LogP contribution in [0.5, 0.6) is 0 Å². The molecule has 2 aromatic carbocycles. The SMILES string of the molecule is CCN1C(COCc2ccccc2)=NN(c2cc(I)c(C(=O)Cl)cc2F)C1O. The van der Waals surface area contributed by atoms with Gasteiger partial charge in [0.1, 0.15) is 18.1 Å². The number of aliphatic hydroxyl groups excluding tert-OH is 1. The summed E-state index contributed by atoms with van der Waals surface area (Å²) in [5.41, 5.74) is 1.14. The monoisotopic (exact) mass is 517 g/mol. The van der Waals surface area contributed by atoms with E-state index in [9.17, 15) is 14.3 Å². The van der Waals surface area contributed by atoms with Gasteiger partial charge in [0.15, 0.2) is 5.84 Å². The smallest absolute Gasteiger partial charge is 0.253 e. The van der Waals surface area contributed by atoms with Crippen LogP contribution in [-0.2, 0) is 11.3 Å². The normalized spacial score (nSPS) is 16.5. The molecule has 1 unspecified atom stereocenters. The number of nitrogens with zero attached hydrogens (tertiary/aromatic N) is 3. The second-order valence-electron chi connectivity index (χ2n) is 6.03. The highest BCUT2D eigenvalue weighted by molar-refractivity contribution is 14.1. The third-order valence-electron chi connectivity index (χ3n) is 4.23. The maximum Gasteiger partial charge on any atom is 0.253 e. The molecular weight excluding hydrogens is 500 g/mol. The number of halogens is 3. The van der Waals surface area contributed by atoms with Gasteiger partial charge in [-0.3, -0.25) is 4.79 Å². The summed E-state index contributed by atoms with van der Waals surface area (Å²) in [6, 6.07) is 12.2. The molecule has 1 atom stereocenters. The highest BCUT2D eigenvalue weighted by atomic mass is 127. The third-order valence-corrected chi connectivity index (χ3v) is 5.33. The van der Waals surface area contributed by atoms with Crippen molar-refractivity contribution in [1.29, 1.82) is 0 Å². The van der Waals surface area contributed by atoms with Crippen molar-refractivity contribution in [3.05, 3.63) is 63.0 Å². The zero-order valence-corrected chi connectivity index (χ0v) is 17.9. The van der Waals surface area contributed by atoms with Gasteiger partial charge >= 0.3 is 0 Å². The van der Waals surface area contributed by atoms with Crippen LogP contribution >= 0.6 is 34.2 Å². The van der Waals surface area contributed by atoms with Crippen molar-refractivity contribution in [2.45, 2.75) is 19.9 Å².